The van der Waals surface area contributed by atoms with Gasteiger partial charge in [-0.2, -0.15) is 5.26 Å². The Hall–Kier alpha value is -1.93. The molecule has 0 bridgehead atoms. The van der Waals surface area contributed by atoms with Gasteiger partial charge in [0.1, 0.15) is 6.04 Å². The van der Waals surface area contributed by atoms with Crippen molar-refractivity contribution in [2.45, 2.75) is 6.04 Å². The van der Waals surface area contributed by atoms with Crippen LogP contribution < -0.4 is 5.32 Å². The highest BCUT2D eigenvalue weighted by molar-refractivity contribution is 5.71. The molecule has 0 aliphatic rings. The zero-order valence-corrected chi connectivity index (χ0v) is 8.30. The Morgan fingerprint density at radius 3 is 2.87 bits per heavy atom. The first kappa shape index (κ1) is 11.1. The smallest absolute Gasteiger partial charge is 0.319 e. The first-order valence-corrected chi connectivity index (χ1v) is 4.37. The predicted octanol–water partition coefficient (Wildman–Crippen LogP) is 0.409. The monoisotopic (exact) mass is 205 g/mol. The minimum Gasteiger partial charge on any atom is -0.468 e. The number of pyridine rings is 1. The van der Waals surface area contributed by atoms with Gasteiger partial charge in [-0.3, -0.25) is 15.1 Å². The summed E-state index contributed by atoms with van der Waals surface area (Å²) >= 11 is 0. The lowest BCUT2D eigenvalue weighted by Crippen LogP contribution is -2.27. The third-order valence-electron chi connectivity index (χ3n) is 1.85. The van der Waals surface area contributed by atoms with E-state index in [0.717, 1.165) is 5.56 Å². The van der Waals surface area contributed by atoms with E-state index in [0.29, 0.717) is 0 Å². The van der Waals surface area contributed by atoms with Gasteiger partial charge in [-0.15, -0.1) is 0 Å². The number of nitrogens with zero attached hydrogens (tertiary/aromatic N) is 2. The van der Waals surface area contributed by atoms with E-state index in [9.17, 15) is 4.79 Å². The minimum absolute atomic E-state index is 0.0110. The van der Waals surface area contributed by atoms with Crippen LogP contribution in [0.25, 0.3) is 0 Å². The first-order chi connectivity index (χ1) is 7.27. The number of nitriles is 1. The van der Waals surface area contributed by atoms with Crippen molar-refractivity contribution in [3.63, 3.8) is 0 Å². The van der Waals surface area contributed by atoms with Gasteiger partial charge in [-0.05, 0) is 17.7 Å². The number of esters is 1. The molecule has 0 saturated carbocycles. The van der Waals surface area contributed by atoms with Gasteiger partial charge in [0.15, 0.2) is 0 Å². The molecular weight excluding hydrogens is 194 g/mol. The molecule has 78 valence electrons. The number of aromatic nitrogens is 1. The molecule has 5 heteroatoms. The normalized spacial score (nSPS) is 11.5. The van der Waals surface area contributed by atoms with E-state index in [1.807, 2.05) is 0 Å². The zero-order chi connectivity index (χ0) is 11.1. The lowest BCUT2D eigenvalue weighted by Gasteiger charge is -2.09. The molecule has 0 radical (unpaired) electrons. The van der Waals surface area contributed by atoms with E-state index in [4.69, 9.17) is 5.26 Å². The van der Waals surface area contributed by atoms with Crippen molar-refractivity contribution in [2.24, 2.45) is 0 Å². The second-order valence-electron chi connectivity index (χ2n) is 2.80. The molecule has 1 heterocycles. The van der Waals surface area contributed by atoms with E-state index in [1.165, 1.54) is 7.11 Å². The molecule has 1 aromatic rings. The molecule has 0 fully saturated rings. The molecular formula is C10H11N3O2. The number of ether oxygens (including phenoxy) is 1. The molecule has 15 heavy (non-hydrogen) atoms. The van der Waals surface area contributed by atoms with Crippen molar-refractivity contribution in [2.75, 3.05) is 13.7 Å². The van der Waals surface area contributed by atoms with Crippen molar-refractivity contribution in [3.8, 4) is 6.07 Å². The van der Waals surface area contributed by atoms with Crippen molar-refractivity contribution in [1.29, 1.82) is 5.26 Å². The Morgan fingerprint density at radius 2 is 2.33 bits per heavy atom. The summed E-state index contributed by atoms with van der Waals surface area (Å²) in [6, 6.07) is 4.97. The molecule has 1 unspecified atom stereocenters. The SMILES string of the molecule is COC(=O)CNC(C#N)c1ccncc1. The first-order valence-electron chi connectivity index (χ1n) is 4.37. The van der Waals surface area contributed by atoms with Gasteiger partial charge >= 0.3 is 5.97 Å². The maximum atomic E-state index is 10.9. The van der Waals surface area contributed by atoms with E-state index >= 15 is 0 Å². The van der Waals surface area contributed by atoms with Gasteiger partial charge in [0, 0.05) is 12.4 Å². The Morgan fingerprint density at radius 1 is 1.67 bits per heavy atom. The van der Waals surface area contributed by atoms with Crippen LogP contribution >= 0.6 is 0 Å². The third kappa shape index (κ3) is 3.37. The second-order valence-corrected chi connectivity index (χ2v) is 2.80. The highest BCUT2D eigenvalue weighted by Gasteiger charge is 2.11. The van der Waals surface area contributed by atoms with Crippen molar-refractivity contribution in [1.82, 2.24) is 10.3 Å². The van der Waals surface area contributed by atoms with Crippen LogP contribution in [0.4, 0.5) is 0 Å². The molecule has 0 spiro atoms. The van der Waals surface area contributed by atoms with Crippen molar-refractivity contribution in [3.05, 3.63) is 30.1 Å². The molecule has 5 nitrogen and oxygen atoms in total. The second kappa shape index (κ2) is 5.73. The molecule has 0 aromatic carbocycles. The lowest BCUT2D eigenvalue weighted by atomic mass is 10.1. The van der Waals surface area contributed by atoms with E-state index in [2.05, 4.69) is 21.1 Å². The number of carbonyl (C=O) groups excluding carboxylic acids is 1. The zero-order valence-electron chi connectivity index (χ0n) is 8.30. The summed E-state index contributed by atoms with van der Waals surface area (Å²) in [5, 5.41) is 11.7. The standard InChI is InChI=1S/C10H11N3O2/c1-15-10(14)7-13-9(6-11)8-2-4-12-5-3-8/h2-5,9,13H,7H2,1H3. The summed E-state index contributed by atoms with van der Waals surface area (Å²) in [5.74, 6) is -0.399. The number of methoxy groups -OCH3 is 1. The van der Waals surface area contributed by atoms with Crippen LogP contribution in [0.2, 0.25) is 0 Å². The molecule has 0 aliphatic heterocycles. The predicted molar refractivity (Wildman–Crippen MR) is 52.6 cm³/mol. The summed E-state index contributed by atoms with van der Waals surface area (Å²) in [6.45, 7) is 0.0110. The van der Waals surface area contributed by atoms with Gasteiger partial charge < -0.3 is 4.74 Å². The lowest BCUT2D eigenvalue weighted by molar-refractivity contribution is -0.139. The van der Waals surface area contributed by atoms with Crippen LogP contribution in [-0.2, 0) is 9.53 Å². The summed E-state index contributed by atoms with van der Waals surface area (Å²) in [4.78, 5) is 14.7. The Balaban J connectivity index is 2.59. The fourth-order valence-corrected chi connectivity index (χ4v) is 1.05. The summed E-state index contributed by atoms with van der Waals surface area (Å²) in [7, 11) is 1.30. The third-order valence-corrected chi connectivity index (χ3v) is 1.85. The van der Waals surface area contributed by atoms with E-state index < -0.39 is 12.0 Å². The van der Waals surface area contributed by atoms with Crippen LogP contribution in [0.5, 0.6) is 0 Å². The van der Waals surface area contributed by atoms with Gasteiger partial charge in [0.05, 0.1) is 19.7 Å². The quantitative estimate of drug-likeness (QED) is 0.720. The van der Waals surface area contributed by atoms with Crippen LogP contribution in [0, 0.1) is 11.3 Å². The summed E-state index contributed by atoms with van der Waals surface area (Å²) in [5.41, 5.74) is 0.774. The topological polar surface area (TPSA) is 75.0 Å². The average molecular weight is 205 g/mol. The van der Waals surface area contributed by atoms with E-state index in [-0.39, 0.29) is 6.54 Å². The molecule has 1 N–H and O–H groups in total. The van der Waals surface area contributed by atoms with Gasteiger partial charge in [-0.1, -0.05) is 0 Å². The van der Waals surface area contributed by atoms with Crippen molar-refractivity contribution >= 4 is 5.97 Å². The molecule has 0 aliphatic carbocycles. The number of hydrogen-bond donors (Lipinski definition) is 1. The Labute approximate surface area is 87.7 Å². The number of hydrogen-bond acceptors (Lipinski definition) is 5. The molecule has 0 saturated heterocycles. The average Bonchev–Trinajstić information content (AvgIpc) is 2.31. The maximum absolute atomic E-state index is 10.9. The van der Waals surface area contributed by atoms with Crippen LogP contribution in [0.15, 0.2) is 24.5 Å². The Kier molecular flexibility index (Phi) is 4.26. The maximum Gasteiger partial charge on any atom is 0.319 e. The highest BCUT2D eigenvalue weighted by atomic mass is 16.5. The fraction of sp³-hybridized carbons (Fsp3) is 0.300. The van der Waals surface area contributed by atoms with Gasteiger partial charge in [0.2, 0.25) is 0 Å². The minimum atomic E-state index is -0.521. The van der Waals surface area contributed by atoms with Crippen LogP contribution in [-0.4, -0.2) is 24.6 Å². The summed E-state index contributed by atoms with van der Waals surface area (Å²) < 4.78 is 4.46. The highest BCUT2D eigenvalue weighted by Crippen LogP contribution is 2.09. The number of rotatable bonds is 4. The fourth-order valence-electron chi connectivity index (χ4n) is 1.05. The van der Waals surface area contributed by atoms with Crippen LogP contribution in [0.1, 0.15) is 11.6 Å². The molecule has 1 atom stereocenters. The van der Waals surface area contributed by atoms with Gasteiger partial charge in [0.25, 0.3) is 0 Å². The Bertz CT molecular complexity index is 359. The number of nitrogens with one attached hydrogen (secondary N) is 1. The van der Waals surface area contributed by atoms with E-state index in [1.54, 1.807) is 24.5 Å². The van der Waals surface area contributed by atoms with Crippen LogP contribution in [0.3, 0.4) is 0 Å². The van der Waals surface area contributed by atoms with Gasteiger partial charge in [-0.25, -0.2) is 0 Å². The molecule has 0 amide bonds. The largest absolute Gasteiger partial charge is 0.468 e. The molecule has 1 rings (SSSR count). The molecule has 1 aromatic heterocycles. The van der Waals surface area contributed by atoms with Crippen molar-refractivity contribution < 1.29 is 9.53 Å². The number of carbonyl (C=O) groups is 1. The summed E-state index contributed by atoms with van der Waals surface area (Å²) in [6.07, 6.45) is 3.19.